The Kier molecular flexibility index (Phi) is 2.46. The van der Waals surface area contributed by atoms with Gasteiger partial charge in [0.05, 0.1) is 0 Å². The van der Waals surface area contributed by atoms with Crippen LogP contribution < -0.4 is 11.1 Å². The second-order valence-corrected chi connectivity index (χ2v) is 4.09. The predicted molar refractivity (Wildman–Crippen MR) is 57.3 cm³/mol. The van der Waals surface area contributed by atoms with Crippen molar-refractivity contribution in [2.45, 2.75) is 25.8 Å². The van der Waals surface area contributed by atoms with Crippen LogP contribution in [0.4, 0.5) is 11.8 Å². The summed E-state index contributed by atoms with van der Waals surface area (Å²) in [5.41, 5.74) is 5.48. The molecule has 1 saturated carbocycles. The van der Waals surface area contributed by atoms with Gasteiger partial charge in [-0.05, 0) is 25.7 Å². The van der Waals surface area contributed by atoms with Gasteiger partial charge >= 0.3 is 0 Å². The molecule has 0 bridgehead atoms. The molecule has 1 fully saturated rings. The first-order chi connectivity index (χ1) is 6.65. The minimum atomic E-state index is 0.211. The number of nitrogens with one attached hydrogen (secondary N) is 1. The molecule has 0 aromatic carbocycles. The summed E-state index contributed by atoms with van der Waals surface area (Å²) in [6.45, 7) is 2.14. The Morgan fingerprint density at radius 3 is 2.86 bits per heavy atom. The summed E-state index contributed by atoms with van der Waals surface area (Å²) < 4.78 is 0. The molecule has 0 radical (unpaired) electrons. The van der Waals surface area contributed by atoms with E-state index in [1.807, 2.05) is 0 Å². The fraction of sp³-hybridized carbons (Fsp3) is 0.556. The number of nitrogen functional groups attached to an aromatic ring is 1. The van der Waals surface area contributed by atoms with Crippen molar-refractivity contribution in [2.75, 3.05) is 11.1 Å². The van der Waals surface area contributed by atoms with Gasteiger partial charge in [0.25, 0.3) is 0 Å². The summed E-state index contributed by atoms with van der Waals surface area (Å²) in [4.78, 5) is 7.85. The standard InChI is InChI=1S/C9H13ClN4/c1-5(6-2-3-6)12-8-4-7(10)13-9(11)14-8/h4-6H,2-3H2,1H3,(H3,11,12,13,14). The SMILES string of the molecule is CC(Nc1cc(Cl)nc(N)n1)C1CC1. The third-order valence-electron chi connectivity index (χ3n) is 2.42. The molecule has 1 heterocycles. The Balaban J connectivity index is 2.07. The summed E-state index contributed by atoms with van der Waals surface area (Å²) in [6, 6.07) is 2.12. The molecule has 76 valence electrons. The molecule has 2 rings (SSSR count). The minimum Gasteiger partial charge on any atom is -0.368 e. The van der Waals surface area contributed by atoms with Gasteiger partial charge in [-0.2, -0.15) is 4.98 Å². The maximum Gasteiger partial charge on any atom is 0.223 e. The molecule has 1 atom stereocenters. The summed E-state index contributed by atoms with van der Waals surface area (Å²) in [6.07, 6.45) is 2.59. The second kappa shape index (κ2) is 3.61. The molecule has 4 nitrogen and oxygen atoms in total. The zero-order valence-corrected chi connectivity index (χ0v) is 8.75. The lowest BCUT2D eigenvalue weighted by Crippen LogP contribution is -2.18. The van der Waals surface area contributed by atoms with E-state index in [0.717, 1.165) is 5.92 Å². The highest BCUT2D eigenvalue weighted by atomic mass is 35.5. The van der Waals surface area contributed by atoms with E-state index >= 15 is 0 Å². The van der Waals surface area contributed by atoms with E-state index in [0.29, 0.717) is 17.0 Å². The lowest BCUT2D eigenvalue weighted by atomic mass is 10.2. The predicted octanol–water partition coefficient (Wildman–Crippen LogP) is 1.92. The molecule has 0 aliphatic heterocycles. The summed E-state index contributed by atoms with van der Waals surface area (Å²) in [7, 11) is 0. The molecule has 5 heteroatoms. The highest BCUT2D eigenvalue weighted by Crippen LogP contribution is 2.33. The van der Waals surface area contributed by atoms with Crippen LogP contribution in [0.5, 0.6) is 0 Å². The third-order valence-corrected chi connectivity index (χ3v) is 2.61. The van der Waals surface area contributed by atoms with E-state index in [1.54, 1.807) is 6.07 Å². The van der Waals surface area contributed by atoms with Crippen LogP contribution in [0.3, 0.4) is 0 Å². The largest absolute Gasteiger partial charge is 0.368 e. The first-order valence-electron chi connectivity index (χ1n) is 4.72. The molecule has 1 aromatic heterocycles. The normalized spacial score (nSPS) is 17.9. The molecule has 0 amide bonds. The van der Waals surface area contributed by atoms with E-state index in [1.165, 1.54) is 12.8 Å². The van der Waals surface area contributed by atoms with Gasteiger partial charge in [0, 0.05) is 12.1 Å². The van der Waals surface area contributed by atoms with Crippen molar-refractivity contribution >= 4 is 23.4 Å². The van der Waals surface area contributed by atoms with E-state index in [-0.39, 0.29) is 5.95 Å². The van der Waals surface area contributed by atoms with Crippen molar-refractivity contribution in [1.29, 1.82) is 0 Å². The van der Waals surface area contributed by atoms with E-state index in [4.69, 9.17) is 17.3 Å². The van der Waals surface area contributed by atoms with Crippen LogP contribution in [-0.4, -0.2) is 16.0 Å². The van der Waals surface area contributed by atoms with Gasteiger partial charge in [-0.3, -0.25) is 0 Å². The van der Waals surface area contributed by atoms with Gasteiger partial charge in [0.1, 0.15) is 11.0 Å². The van der Waals surface area contributed by atoms with E-state index < -0.39 is 0 Å². The average molecular weight is 213 g/mol. The van der Waals surface area contributed by atoms with Crippen molar-refractivity contribution in [3.8, 4) is 0 Å². The first kappa shape index (κ1) is 9.52. The highest BCUT2D eigenvalue weighted by molar-refractivity contribution is 6.29. The highest BCUT2D eigenvalue weighted by Gasteiger charge is 2.28. The first-order valence-corrected chi connectivity index (χ1v) is 5.09. The molecule has 3 N–H and O–H groups in total. The van der Waals surface area contributed by atoms with Crippen LogP contribution in [0.1, 0.15) is 19.8 Å². The van der Waals surface area contributed by atoms with Crippen LogP contribution in [0.15, 0.2) is 6.07 Å². The van der Waals surface area contributed by atoms with Gasteiger partial charge in [-0.25, -0.2) is 4.98 Å². The molecule has 1 aliphatic rings. The van der Waals surface area contributed by atoms with Gasteiger partial charge in [-0.15, -0.1) is 0 Å². The maximum absolute atomic E-state index is 5.76. The fourth-order valence-electron chi connectivity index (χ4n) is 1.46. The molecule has 1 aliphatic carbocycles. The second-order valence-electron chi connectivity index (χ2n) is 3.70. The Morgan fingerprint density at radius 2 is 2.29 bits per heavy atom. The number of halogens is 1. The number of nitrogens with zero attached hydrogens (tertiary/aromatic N) is 2. The quantitative estimate of drug-likeness (QED) is 0.752. The van der Waals surface area contributed by atoms with Gasteiger partial charge in [0.15, 0.2) is 0 Å². The van der Waals surface area contributed by atoms with Crippen molar-refractivity contribution in [3.05, 3.63) is 11.2 Å². The Bertz CT molecular complexity index is 317. The summed E-state index contributed by atoms with van der Waals surface area (Å²) >= 11 is 5.76. The maximum atomic E-state index is 5.76. The Morgan fingerprint density at radius 1 is 1.57 bits per heavy atom. The molecular weight excluding hydrogens is 200 g/mol. The summed E-state index contributed by atoms with van der Waals surface area (Å²) in [5, 5.41) is 3.65. The van der Waals surface area contributed by atoms with Crippen molar-refractivity contribution in [3.63, 3.8) is 0 Å². The summed E-state index contributed by atoms with van der Waals surface area (Å²) in [5.74, 6) is 1.69. The Hall–Kier alpha value is -1.03. The molecule has 1 aromatic rings. The zero-order valence-electron chi connectivity index (χ0n) is 8.00. The topological polar surface area (TPSA) is 63.8 Å². The number of anilines is 2. The minimum absolute atomic E-state index is 0.211. The van der Waals surface area contributed by atoms with Crippen LogP contribution >= 0.6 is 11.6 Å². The van der Waals surface area contributed by atoms with Crippen LogP contribution in [0.25, 0.3) is 0 Å². The van der Waals surface area contributed by atoms with Crippen molar-refractivity contribution in [2.24, 2.45) is 5.92 Å². The average Bonchev–Trinajstić information content (AvgIpc) is 2.82. The number of hydrogen-bond donors (Lipinski definition) is 2. The molecule has 0 saturated heterocycles. The van der Waals surface area contributed by atoms with Gasteiger partial charge < -0.3 is 11.1 Å². The van der Waals surface area contributed by atoms with Crippen molar-refractivity contribution < 1.29 is 0 Å². The lowest BCUT2D eigenvalue weighted by Gasteiger charge is -2.13. The zero-order chi connectivity index (χ0) is 10.1. The monoisotopic (exact) mass is 212 g/mol. The fourth-order valence-corrected chi connectivity index (χ4v) is 1.65. The molecular formula is C9H13ClN4. The number of hydrogen-bond acceptors (Lipinski definition) is 4. The van der Waals surface area contributed by atoms with Crippen molar-refractivity contribution in [1.82, 2.24) is 9.97 Å². The van der Waals surface area contributed by atoms with Gasteiger partial charge in [-0.1, -0.05) is 11.6 Å². The number of aromatic nitrogens is 2. The number of rotatable bonds is 3. The van der Waals surface area contributed by atoms with E-state index in [9.17, 15) is 0 Å². The van der Waals surface area contributed by atoms with Gasteiger partial charge in [0.2, 0.25) is 5.95 Å². The van der Waals surface area contributed by atoms with E-state index in [2.05, 4.69) is 22.2 Å². The molecule has 0 spiro atoms. The smallest absolute Gasteiger partial charge is 0.223 e. The molecule has 14 heavy (non-hydrogen) atoms. The number of nitrogens with two attached hydrogens (primary N) is 1. The third kappa shape index (κ3) is 2.26. The van der Waals surface area contributed by atoms with Crippen LogP contribution in [0, 0.1) is 5.92 Å². The molecule has 1 unspecified atom stereocenters. The lowest BCUT2D eigenvalue weighted by molar-refractivity contribution is 0.690. The Labute approximate surface area is 87.9 Å². The van der Waals surface area contributed by atoms with Crippen LogP contribution in [0.2, 0.25) is 5.15 Å². The van der Waals surface area contributed by atoms with Crippen LogP contribution in [-0.2, 0) is 0 Å².